The summed E-state index contributed by atoms with van der Waals surface area (Å²) in [5.41, 5.74) is 5.16. The van der Waals surface area contributed by atoms with Crippen LogP contribution in [0.1, 0.15) is 81.5 Å². The number of ether oxygens (including phenoxy) is 1. The van der Waals surface area contributed by atoms with Gasteiger partial charge in [0.2, 0.25) is 0 Å². The van der Waals surface area contributed by atoms with Gasteiger partial charge in [0.15, 0.2) is 0 Å². The van der Waals surface area contributed by atoms with Crippen LogP contribution in [-0.2, 0) is 0 Å². The number of rotatable bonds is 3. The lowest BCUT2D eigenvalue weighted by atomic mass is 9.87. The van der Waals surface area contributed by atoms with Crippen LogP contribution in [0.25, 0.3) is 0 Å². The predicted octanol–water partition coefficient (Wildman–Crippen LogP) is 10.6. The summed E-state index contributed by atoms with van der Waals surface area (Å²) in [7, 11) is 0. The summed E-state index contributed by atoms with van der Waals surface area (Å²) < 4.78 is 5.69. The highest BCUT2D eigenvalue weighted by Crippen LogP contribution is 2.49. The summed E-state index contributed by atoms with van der Waals surface area (Å²) in [5, 5.41) is 0. The largest absolute Gasteiger partial charge is 0.457 e. The molecule has 5 rings (SSSR count). The highest BCUT2D eigenvalue weighted by molar-refractivity contribution is 5.34. The van der Waals surface area contributed by atoms with Gasteiger partial charge in [-0.25, -0.2) is 0 Å². The van der Waals surface area contributed by atoms with Crippen molar-refractivity contribution in [3.8, 4) is 11.5 Å². The monoisotopic (exact) mass is 472 g/mol. The van der Waals surface area contributed by atoms with Crippen molar-refractivity contribution in [1.82, 2.24) is 0 Å². The van der Waals surface area contributed by atoms with Crippen LogP contribution in [0, 0.1) is 45.4 Å². The molecule has 35 heavy (non-hydrogen) atoms. The van der Waals surface area contributed by atoms with Gasteiger partial charge in [0.05, 0.1) is 0 Å². The van der Waals surface area contributed by atoms with Gasteiger partial charge in [0.1, 0.15) is 11.5 Å². The Kier molecular flexibility index (Phi) is 12.7. The van der Waals surface area contributed by atoms with Crippen LogP contribution < -0.4 is 4.74 Å². The zero-order chi connectivity index (χ0) is 25.6. The molecule has 0 aliphatic heterocycles. The lowest BCUT2D eigenvalue weighted by molar-refractivity contribution is 0.324. The molecule has 3 unspecified atom stereocenters. The van der Waals surface area contributed by atoms with E-state index in [-0.39, 0.29) is 0 Å². The number of fused-ring (bicyclic) bond motifs is 2. The zero-order valence-electron chi connectivity index (χ0n) is 23.3. The van der Waals surface area contributed by atoms with E-state index < -0.39 is 0 Å². The van der Waals surface area contributed by atoms with E-state index in [1.807, 2.05) is 48.5 Å². The molecule has 0 radical (unpaired) electrons. The van der Waals surface area contributed by atoms with Crippen LogP contribution in [0.3, 0.4) is 0 Å². The first-order valence-electron chi connectivity index (χ1n) is 13.7. The van der Waals surface area contributed by atoms with Crippen molar-refractivity contribution in [2.45, 2.75) is 87.0 Å². The van der Waals surface area contributed by atoms with E-state index in [1.165, 1.54) is 35.1 Å². The third-order valence-corrected chi connectivity index (χ3v) is 6.86. The first kappa shape index (κ1) is 28.7. The maximum absolute atomic E-state index is 5.69. The average Bonchev–Trinajstić information content (AvgIpc) is 3.47. The molecular weight excluding hydrogens is 424 g/mol. The standard InChI is InChI=1S/C14H14O.C9H16.C8H10.C3H8/c1-11-3-7-13(8-4-11)15-14-9-5-12(2)6-10-14;1-2-8-5-7-3-4-9(8)6-7;1-7-4-3-5-8(2)6-7;1-3-2/h3-10H,1-2H3;7-9H,2-6H2,1H3;3-6H,1-2H3;3H2,1-2H3. The summed E-state index contributed by atoms with van der Waals surface area (Å²) >= 11 is 0. The first-order chi connectivity index (χ1) is 16.8. The quantitative estimate of drug-likeness (QED) is 0.368. The smallest absolute Gasteiger partial charge is 0.127 e. The van der Waals surface area contributed by atoms with Gasteiger partial charge in [-0.05, 0) is 89.0 Å². The Morgan fingerprint density at radius 2 is 1.11 bits per heavy atom. The molecule has 3 aromatic carbocycles. The molecule has 0 saturated heterocycles. The molecule has 2 saturated carbocycles. The summed E-state index contributed by atoms with van der Waals surface area (Å²) in [6.45, 7) is 14.9. The van der Waals surface area contributed by atoms with Gasteiger partial charge < -0.3 is 4.74 Å². The fourth-order valence-electron chi connectivity index (χ4n) is 5.03. The second-order valence-electron chi connectivity index (χ2n) is 10.4. The highest BCUT2D eigenvalue weighted by Gasteiger charge is 2.37. The normalized spacial score (nSPS) is 19.3. The molecule has 0 amide bonds. The number of benzene rings is 3. The average molecular weight is 473 g/mol. The van der Waals surface area contributed by atoms with Crippen molar-refractivity contribution in [2.75, 3.05) is 0 Å². The molecule has 0 heterocycles. The summed E-state index contributed by atoms with van der Waals surface area (Å²) in [6, 6.07) is 24.6. The lowest BCUT2D eigenvalue weighted by Crippen LogP contribution is -2.08. The third-order valence-electron chi connectivity index (χ3n) is 6.86. The topological polar surface area (TPSA) is 9.23 Å². The second kappa shape index (κ2) is 15.5. The van der Waals surface area contributed by atoms with Gasteiger partial charge in [0.25, 0.3) is 0 Å². The fraction of sp³-hybridized carbons (Fsp3) is 0.471. The molecule has 3 aromatic rings. The molecular formula is C34H48O. The maximum atomic E-state index is 5.69. The molecule has 1 heteroatoms. The number of hydrogen-bond donors (Lipinski definition) is 0. The van der Waals surface area contributed by atoms with E-state index in [9.17, 15) is 0 Å². The Hall–Kier alpha value is -2.54. The van der Waals surface area contributed by atoms with Crippen LogP contribution in [0.2, 0.25) is 0 Å². The third kappa shape index (κ3) is 10.7. The molecule has 190 valence electrons. The van der Waals surface area contributed by atoms with E-state index in [0.717, 1.165) is 29.3 Å². The van der Waals surface area contributed by atoms with Crippen molar-refractivity contribution >= 4 is 0 Å². The van der Waals surface area contributed by atoms with E-state index in [4.69, 9.17) is 4.74 Å². The van der Waals surface area contributed by atoms with Crippen LogP contribution in [0.5, 0.6) is 11.5 Å². The van der Waals surface area contributed by atoms with Crippen molar-refractivity contribution in [1.29, 1.82) is 0 Å². The summed E-state index contributed by atoms with van der Waals surface area (Å²) in [6.07, 6.45) is 8.96. The van der Waals surface area contributed by atoms with Crippen molar-refractivity contribution in [3.63, 3.8) is 0 Å². The van der Waals surface area contributed by atoms with Gasteiger partial charge in [-0.1, -0.05) is 111 Å². The Morgan fingerprint density at radius 1 is 0.629 bits per heavy atom. The minimum Gasteiger partial charge on any atom is -0.457 e. The molecule has 2 aliphatic carbocycles. The van der Waals surface area contributed by atoms with E-state index >= 15 is 0 Å². The maximum Gasteiger partial charge on any atom is 0.127 e. The highest BCUT2D eigenvalue weighted by atomic mass is 16.5. The minimum absolute atomic E-state index is 0.879. The molecule has 0 N–H and O–H groups in total. The summed E-state index contributed by atoms with van der Waals surface area (Å²) in [5.74, 6) is 5.19. The van der Waals surface area contributed by atoms with Gasteiger partial charge in [0, 0.05) is 0 Å². The Bertz CT molecular complexity index is 894. The van der Waals surface area contributed by atoms with Crippen LogP contribution in [0.4, 0.5) is 0 Å². The Labute approximate surface area is 216 Å². The molecule has 0 aromatic heterocycles. The molecule has 2 bridgehead atoms. The Balaban J connectivity index is 0.000000185. The molecule has 3 atom stereocenters. The number of hydrogen-bond acceptors (Lipinski definition) is 1. The molecule has 0 spiro atoms. The zero-order valence-corrected chi connectivity index (χ0v) is 23.3. The van der Waals surface area contributed by atoms with Crippen molar-refractivity contribution in [3.05, 3.63) is 95.1 Å². The lowest BCUT2D eigenvalue weighted by Gasteiger charge is -2.18. The number of aryl methyl sites for hydroxylation is 4. The Morgan fingerprint density at radius 3 is 1.40 bits per heavy atom. The van der Waals surface area contributed by atoms with Crippen LogP contribution in [0.15, 0.2) is 72.8 Å². The minimum atomic E-state index is 0.879. The van der Waals surface area contributed by atoms with Gasteiger partial charge in [-0.3, -0.25) is 0 Å². The van der Waals surface area contributed by atoms with Crippen LogP contribution in [-0.4, -0.2) is 0 Å². The van der Waals surface area contributed by atoms with E-state index in [0.29, 0.717) is 0 Å². The molecule has 2 aliphatic rings. The summed E-state index contributed by atoms with van der Waals surface area (Å²) in [4.78, 5) is 0. The SMILES string of the molecule is CCC.CCC1CC2CCC1C2.Cc1ccc(Oc2ccc(C)cc2)cc1.Cc1cccc(C)c1. The molecule has 2 fully saturated rings. The predicted molar refractivity (Wildman–Crippen MR) is 154 cm³/mol. The van der Waals surface area contributed by atoms with Gasteiger partial charge in [-0.2, -0.15) is 0 Å². The van der Waals surface area contributed by atoms with Crippen LogP contribution >= 0.6 is 0 Å². The fourth-order valence-corrected chi connectivity index (χ4v) is 5.03. The van der Waals surface area contributed by atoms with Gasteiger partial charge in [-0.15, -0.1) is 0 Å². The van der Waals surface area contributed by atoms with E-state index in [2.05, 4.69) is 72.7 Å². The second-order valence-corrected chi connectivity index (χ2v) is 10.4. The van der Waals surface area contributed by atoms with Crippen molar-refractivity contribution in [2.24, 2.45) is 17.8 Å². The van der Waals surface area contributed by atoms with Crippen molar-refractivity contribution < 1.29 is 4.74 Å². The first-order valence-corrected chi connectivity index (χ1v) is 13.7. The molecule has 1 nitrogen and oxygen atoms in total. The van der Waals surface area contributed by atoms with E-state index in [1.54, 1.807) is 25.7 Å². The van der Waals surface area contributed by atoms with Gasteiger partial charge >= 0.3 is 0 Å².